The second-order valence-electron chi connectivity index (χ2n) is 10.3. The van der Waals surface area contributed by atoms with Crippen LogP contribution in [0.15, 0.2) is 48.5 Å². The zero-order valence-electron chi connectivity index (χ0n) is 22.1. The third kappa shape index (κ3) is 6.96. The van der Waals surface area contributed by atoms with Crippen molar-refractivity contribution >= 4 is 28.6 Å². The first-order valence-corrected chi connectivity index (χ1v) is 13.6. The fourth-order valence-electron chi connectivity index (χ4n) is 5.05. The van der Waals surface area contributed by atoms with E-state index in [1.165, 1.54) is 37.7 Å². The van der Waals surface area contributed by atoms with Crippen LogP contribution in [0.2, 0.25) is 0 Å². The number of amides is 1. The molecule has 1 heterocycles. The summed E-state index contributed by atoms with van der Waals surface area (Å²) in [6, 6.07) is 16.8. The molecule has 0 unspecified atom stereocenters. The van der Waals surface area contributed by atoms with Crippen molar-refractivity contribution in [2.75, 3.05) is 24.3 Å². The molecule has 1 aliphatic rings. The lowest BCUT2D eigenvalue weighted by molar-refractivity contribution is 0.0926. The van der Waals surface area contributed by atoms with E-state index in [4.69, 9.17) is 9.97 Å². The van der Waals surface area contributed by atoms with Gasteiger partial charge in [-0.2, -0.15) is 4.98 Å². The van der Waals surface area contributed by atoms with Gasteiger partial charge in [0.2, 0.25) is 5.95 Å². The van der Waals surface area contributed by atoms with Gasteiger partial charge in [0.15, 0.2) is 0 Å². The molecule has 1 aliphatic carbocycles. The Kier molecular flexibility index (Phi) is 9.15. The summed E-state index contributed by atoms with van der Waals surface area (Å²) in [5.41, 5.74) is 3.02. The SMILES string of the molecule is CCCCCCCc1ccc(C(=O)NC2CCC(Nc3nc(N(C)C)c4ccccc4n3)CC2)cc1. The molecule has 2 N–H and O–H groups in total. The van der Waals surface area contributed by atoms with Gasteiger partial charge >= 0.3 is 0 Å². The molecule has 0 spiro atoms. The van der Waals surface area contributed by atoms with Crippen LogP contribution in [0.25, 0.3) is 10.9 Å². The minimum absolute atomic E-state index is 0.0365. The molecule has 36 heavy (non-hydrogen) atoms. The van der Waals surface area contributed by atoms with Crippen molar-refractivity contribution in [1.82, 2.24) is 15.3 Å². The Bertz CT molecular complexity index is 1120. The Morgan fingerprint density at radius 3 is 2.31 bits per heavy atom. The van der Waals surface area contributed by atoms with E-state index in [2.05, 4.69) is 35.8 Å². The highest BCUT2D eigenvalue weighted by atomic mass is 16.1. The number of anilines is 2. The highest BCUT2D eigenvalue weighted by molar-refractivity contribution is 5.94. The quantitative estimate of drug-likeness (QED) is 0.308. The van der Waals surface area contributed by atoms with Crippen LogP contribution in [0.1, 0.15) is 80.6 Å². The van der Waals surface area contributed by atoms with Crippen LogP contribution in [0.5, 0.6) is 0 Å². The lowest BCUT2D eigenvalue weighted by Gasteiger charge is -2.30. The number of nitrogens with one attached hydrogen (secondary N) is 2. The predicted octanol–water partition coefficient (Wildman–Crippen LogP) is 6.36. The van der Waals surface area contributed by atoms with Gasteiger partial charge in [-0.25, -0.2) is 4.98 Å². The van der Waals surface area contributed by atoms with Gasteiger partial charge in [0.25, 0.3) is 5.91 Å². The van der Waals surface area contributed by atoms with Crippen LogP contribution in [-0.2, 0) is 6.42 Å². The Balaban J connectivity index is 1.25. The van der Waals surface area contributed by atoms with Crippen LogP contribution in [0, 0.1) is 0 Å². The van der Waals surface area contributed by atoms with E-state index in [1.54, 1.807) is 0 Å². The summed E-state index contributed by atoms with van der Waals surface area (Å²) in [6.45, 7) is 2.24. The predicted molar refractivity (Wildman–Crippen MR) is 150 cm³/mol. The molecule has 0 bridgehead atoms. The Morgan fingerprint density at radius 1 is 0.889 bits per heavy atom. The summed E-state index contributed by atoms with van der Waals surface area (Å²) in [6.07, 6.45) is 11.4. The number of hydrogen-bond donors (Lipinski definition) is 2. The Hall–Kier alpha value is -3.15. The number of benzene rings is 2. The van der Waals surface area contributed by atoms with Crippen molar-refractivity contribution in [3.63, 3.8) is 0 Å². The lowest BCUT2D eigenvalue weighted by atomic mass is 9.91. The molecule has 0 radical (unpaired) electrons. The summed E-state index contributed by atoms with van der Waals surface area (Å²) in [7, 11) is 4.02. The number of unbranched alkanes of at least 4 members (excludes halogenated alkanes) is 4. The normalized spacial score (nSPS) is 17.6. The van der Waals surface area contributed by atoms with Crippen molar-refractivity contribution in [1.29, 1.82) is 0 Å². The largest absolute Gasteiger partial charge is 0.362 e. The van der Waals surface area contributed by atoms with E-state index < -0.39 is 0 Å². The summed E-state index contributed by atoms with van der Waals surface area (Å²) in [4.78, 5) is 24.3. The summed E-state index contributed by atoms with van der Waals surface area (Å²) in [5.74, 6) is 1.64. The number of fused-ring (bicyclic) bond motifs is 1. The van der Waals surface area contributed by atoms with Gasteiger partial charge < -0.3 is 15.5 Å². The van der Waals surface area contributed by atoms with Gasteiger partial charge in [0.05, 0.1) is 5.52 Å². The number of hydrogen-bond acceptors (Lipinski definition) is 5. The van der Waals surface area contributed by atoms with Gasteiger partial charge in [0, 0.05) is 37.1 Å². The first kappa shape index (κ1) is 25.9. The number of rotatable bonds is 11. The average molecular weight is 488 g/mol. The molecule has 1 saturated carbocycles. The van der Waals surface area contributed by atoms with E-state index in [-0.39, 0.29) is 11.9 Å². The van der Waals surface area contributed by atoms with Gasteiger partial charge in [-0.3, -0.25) is 4.79 Å². The van der Waals surface area contributed by atoms with Crippen LogP contribution in [-0.4, -0.2) is 42.1 Å². The highest BCUT2D eigenvalue weighted by Crippen LogP contribution is 2.26. The molecule has 6 heteroatoms. The molecule has 0 atom stereocenters. The molecule has 1 aromatic heterocycles. The van der Waals surface area contributed by atoms with Crippen molar-refractivity contribution in [3.8, 4) is 0 Å². The first-order valence-electron chi connectivity index (χ1n) is 13.6. The summed E-state index contributed by atoms with van der Waals surface area (Å²) >= 11 is 0. The third-order valence-corrected chi connectivity index (χ3v) is 7.19. The fourth-order valence-corrected chi connectivity index (χ4v) is 5.05. The number of para-hydroxylation sites is 1. The van der Waals surface area contributed by atoms with Crippen molar-refractivity contribution in [2.45, 2.75) is 83.2 Å². The van der Waals surface area contributed by atoms with E-state index in [1.807, 2.05) is 49.3 Å². The smallest absolute Gasteiger partial charge is 0.251 e. The molecule has 0 saturated heterocycles. The monoisotopic (exact) mass is 487 g/mol. The van der Waals surface area contributed by atoms with Crippen LogP contribution in [0.3, 0.4) is 0 Å². The zero-order chi connectivity index (χ0) is 25.3. The lowest BCUT2D eigenvalue weighted by Crippen LogP contribution is -2.40. The maximum atomic E-state index is 12.8. The third-order valence-electron chi connectivity index (χ3n) is 7.19. The minimum Gasteiger partial charge on any atom is -0.362 e. The minimum atomic E-state index is 0.0365. The number of aromatic nitrogens is 2. The van der Waals surface area contributed by atoms with Gasteiger partial charge in [-0.1, -0.05) is 56.9 Å². The molecule has 6 nitrogen and oxygen atoms in total. The highest BCUT2D eigenvalue weighted by Gasteiger charge is 2.24. The van der Waals surface area contributed by atoms with E-state index >= 15 is 0 Å². The van der Waals surface area contributed by atoms with Gasteiger partial charge in [-0.15, -0.1) is 0 Å². The number of carbonyl (C=O) groups is 1. The van der Waals surface area contributed by atoms with Crippen LogP contribution >= 0.6 is 0 Å². The average Bonchev–Trinajstić information content (AvgIpc) is 2.89. The van der Waals surface area contributed by atoms with Crippen molar-refractivity contribution < 1.29 is 4.79 Å². The number of nitrogens with zero attached hydrogens (tertiary/aromatic N) is 3. The van der Waals surface area contributed by atoms with E-state index in [9.17, 15) is 4.79 Å². The molecule has 0 aliphatic heterocycles. The standard InChI is InChI=1S/C30H41N5O/c1-4-5-6-7-8-11-22-14-16-23(17-15-22)29(36)31-24-18-20-25(21-19-24)32-30-33-27-13-10-9-12-26(27)28(34-30)35(2)3/h9-10,12-17,24-25H,4-8,11,18-21H2,1-3H3,(H,31,36)(H,32,33,34). The zero-order valence-corrected chi connectivity index (χ0v) is 22.1. The second-order valence-corrected chi connectivity index (χ2v) is 10.3. The van der Waals surface area contributed by atoms with E-state index in [0.717, 1.165) is 54.4 Å². The molecular weight excluding hydrogens is 446 g/mol. The summed E-state index contributed by atoms with van der Waals surface area (Å²) < 4.78 is 0. The Labute approximate surface area is 215 Å². The maximum absolute atomic E-state index is 12.8. The van der Waals surface area contributed by atoms with Gasteiger partial charge in [-0.05, 0) is 68.4 Å². The fraction of sp³-hybridized carbons (Fsp3) is 0.500. The number of carbonyl (C=O) groups excluding carboxylic acids is 1. The molecular formula is C30H41N5O. The Morgan fingerprint density at radius 2 is 1.58 bits per heavy atom. The molecule has 1 fully saturated rings. The molecule has 192 valence electrons. The molecule has 3 aromatic rings. The topological polar surface area (TPSA) is 70.2 Å². The van der Waals surface area contributed by atoms with Crippen LogP contribution < -0.4 is 15.5 Å². The summed E-state index contributed by atoms with van der Waals surface area (Å²) in [5, 5.41) is 7.85. The molecule has 1 amide bonds. The first-order chi connectivity index (χ1) is 17.5. The number of aryl methyl sites for hydroxylation is 1. The van der Waals surface area contributed by atoms with E-state index in [0.29, 0.717) is 12.0 Å². The van der Waals surface area contributed by atoms with Gasteiger partial charge in [0.1, 0.15) is 5.82 Å². The van der Waals surface area contributed by atoms with Crippen LogP contribution in [0.4, 0.5) is 11.8 Å². The maximum Gasteiger partial charge on any atom is 0.251 e. The molecule has 2 aromatic carbocycles. The second kappa shape index (κ2) is 12.7. The van der Waals surface area contributed by atoms with Crippen molar-refractivity contribution in [2.24, 2.45) is 0 Å². The molecule has 4 rings (SSSR count). The van der Waals surface area contributed by atoms with Crippen molar-refractivity contribution in [3.05, 3.63) is 59.7 Å².